The molecule has 12 heteroatoms. The summed E-state index contributed by atoms with van der Waals surface area (Å²) >= 11 is 0. The van der Waals surface area contributed by atoms with Gasteiger partial charge in [-0.25, -0.2) is 9.78 Å². The number of morpholine rings is 1. The molecule has 3 N–H and O–H groups in total. The van der Waals surface area contributed by atoms with Crippen molar-refractivity contribution in [3.8, 4) is 0 Å². The molecule has 2 aromatic carbocycles. The molecule has 4 rings (SSSR count). The Morgan fingerprint density at radius 1 is 1.19 bits per heavy atom. The van der Waals surface area contributed by atoms with Crippen LogP contribution in [0.5, 0.6) is 0 Å². The number of rotatable bonds is 5. The molecule has 1 aliphatic rings. The average Bonchev–Trinajstić information content (AvgIpc) is 2.83. The summed E-state index contributed by atoms with van der Waals surface area (Å²) < 4.78 is 48.8. The molecule has 2 atom stereocenters. The van der Waals surface area contributed by atoms with Crippen LogP contribution < -0.4 is 16.0 Å². The zero-order chi connectivity index (χ0) is 26.0. The number of esters is 1. The molecule has 1 aromatic heterocycles. The number of hydrogen-bond donors (Lipinski definition) is 2. The van der Waals surface area contributed by atoms with Gasteiger partial charge in [0, 0.05) is 29.5 Å². The first-order valence-corrected chi connectivity index (χ1v) is 10.8. The fraction of sp³-hybridized carbons (Fsp3) is 0.250. The van der Waals surface area contributed by atoms with E-state index in [9.17, 15) is 27.6 Å². The van der Waals surface area contributed by atoms with Gasteiger partial charge in [0.05, 0.1) is 6.61 Å². The summed E-state index contributed by atoms with van der Waals surface area (Å²) in [4.78, 5) is 43.1. The van der Waals surface area contributed by atoms with Crippen molar-refractivity contribution in [2.75, 3.05) is 29.1 Å². The molecule has 2 amide bonds. The highest BCUT2D eigenvalue weighted by molar-refractivity contribution is 6.05. The van der Waals surface area contributed by atoms with Crippen molar-refractivity contribution in [2.24, 2.45) is 0 Å². The van der Waals surface area contributed by atoms with Crippen LogP contribution in [0, 0.1) is 6.92 Å². The number of nitrogens with two attached hydrogens (primary N) is 1. The summed E-state index contributed by atoms with van der Waals surface area (Å²) in [5.41, 5.74) is 7.37. The first-order valence-electron chi connectivity index (χ1n) is 10.8. The zero-order valence-electron chi connectivity index (χ0n) is 18.9. The number of halogens is 3. The first kappa shape index (κ1) is 24.9. The molecule has 0 spiro atoms. The van der Waals surface area contributed by atoms with Crippen molar-refractivity contribution in [1.82, 2.24) is 4.98 Å². The lowest BCUT2D eigenvalue weighted by molar-refractivity contribution is -0.210. The molecule has 1 aliphatic heterocycles. The molecule has 0 saturated carbocycles. The van der Waals surface area contributed by atoms with Crippen molar-refractivity contribution in [2.45, 2.75) is 25.3 Å². The number of nitrogens with one attached hydrogen (secondary N) is 1. The van der Waals surface area contributed by atoms with E-state index in [0.29, 0.717) is 16.5 Å². The number of hydrogen-bond acceptors (Lipinski definition) is 7. The molecular weight excluding hydrogens is 481 g/mol. The minimum Gasteiger partial charge on any atom is -0.442 e. The van der Waals surface area contributed by atoms with Gasteiger partial charge < -0.3 is 25.4 Å². The highest BCUT2D eigenvalue weighted by atomic mass is 19.4. The fourth-order valence-electron chi connectivity index (χ4n) is 3.73. The molecule has 1 fully saturated rings. The van der Waals surface area contributed by atoms with Gasteiger partial charge in [-0.2, -0.15) is 13.2 Å². The number of amides is 2. The molecule has 0 radical (unpaired) electrons. The van der Waals surface area contributed by atoms with Gasteiger partial charge in [0.2, 0.25) is 6.10 Å². The van der Waals surface area contributed by atoms with Crippen LogP contribution in [0.25, 0.3) is 10.8 Å². The molecule has 0 aliphatic carbocycles. The molecule has 0 bridgehead atoms. The molecule has 3 aromatic rings. The normalized spacial score (nSPS) is 17.1. The van der Waals surface area contributed by atoms with E-state index in [0.717, 1.165) is 5.56 Å². The fourth-order valence-corrected chi connectivity index (χ4v) is 3.73. The van der Waals surface area contributed by atoms with E-state index in [1.807, 2.05) is 6.92 Å². The number of anilines is 3. The second-order valence-corrected chi connectivity index (χ2v) is 8.06. The maximum Gasteiger partial charge on any atom is 0.490 e. The number of pyridine rings is 1. The number of ether oxygens (including phenoxy) is 2. The number of carbonyl (C=O) groups excluding carboxylic acids is 3. The van der Waals surface area contributed by atoms with E-state index >= 15 is 0 Å². The van der Waals surface area contributed by atoms with Crippen LogP contribution >= 0.6 is 0 Å². The Kier molecular flexibility index (Phi) is 6.80. The van der Waals surface area contributed by atoms with Gasteiger partial charge in [-0.3, -0.25) is 9.59 Å². The molecule has 1 saturated heterocycles. The number of nitrogen functional groups attached to an aromatic ring is 1. The number of aryl methyl sites for hydroxylation is 1. The largest absolute Gasteiger partial charge is 0.490 e. The number of fused-ring (bicyclic) bond motifs is 1. The van der Waals surface area contributed by atoms with E-state index in [-0.39, 0.29) is 24.7 Å². The second kappa shape index (κ2) is 9.82. The summed E-state index contributed by atoms with van der Waals surface area (Å²) in [6.45, 7) is 1.85. The van der Waals surface area contributed by atoms with Gasteiger partial charge in [0.15, 0.2) is 6.10 Å². The third-order valence-corrected chi connectivity index (χ3v) is 5.53. The van der Waals surface area contributed by atoms with Gasteiger partial charge in [0.1, 0.15) is 5.82 Å². The van der Waals surface area contributed by atoms with Crippen LogP contribution in [0.1, 0.15) is 5.56 Å². The van der Waals surface area contributed by atoms with Gasteiger partial charge in [-0.1, -0.05) is 17.7 Å². The summed E-state index contributed by atoms with van der Waals surface area (Å²) in [6.07, 6.45) is -7.95. The van der Waals surface area contributed by atoms with Crippen molar-refractivity contribution < 1.29 is 37.0 Å². The predicted octanol–water partition coefficient (Wildman–Crippen LogP) is 2.97. The van der Waals surface area contributed by atoms with Crippen molar-refractivity contribution in [1.29, 1.82) is 0 Å². The monoisotopic (exact) mass is 502 g/mol. The average molecular weight is 502 g/mol. The van der Waals surface area contributed by atoms with Crippen LogP contribution in [0.4, 0.5) is 30.4 Å². The minimum absolute atomic E-state index is 0.0973. The molecule has 188 valence electrons. The van der Waals surface area contributed by atoms with Crippen molar-refractivity contribution in [3.63, 3.8) is 0 Å². The standard InChI is InChI=1S/C24H21F3N4O5/c1-13-2-5-16(6-3-13)31-10-11-35-19(22(31)33)18(36-23(34)24(25,26)27)21(32)30-15-4-7-17-14(12-15)8-9-29-20(17)28/h2-9,12,18-19H,10-11H2,1H3,(H2,28,29)(H,30,32). The van der Waals surface area contributed by atoms with E-state index in [1.54, 1.807) is 36.4 Å². The number of aromatic nitrogens is 1. The van der Waals surface area contributed by atoms with Crippen LogP contribution in [0.3, 0.4) is 0 Å². The summed E-state index contributed by atoms with van der Waals surface area (Å²) in [5, 5.41) is 3.58. The van der Waals surface area contributed by atoms with E-state index in [4.69, 9.17) is 10.5 Å². The quantitative estimate of drug-likeness (QED) is 0.514. The predicted molar refractivity (Wildman–Crippen MR) is 124 cm³/mol. The molecular formula is C24H21F3N4O5. The molecule has 2 heterocycles. The van der Waals surface area contributed by atoms with E-state index in [2.05, 4.69) is 15.0 Å². The zero-order valence-corrected chi connectivity index (χ0v) is 18.9. The lowest BCUT2D eigenvalue weighted by Crippen LogP contribution is -2.57. The lowest BCUT2D eigenvalue weighted by atomic mass is 10.1. The third-order valence-electron chi connectivity index (χ3n) is 5.53. The topological polar surface area (TPSA) is 124 Å². The van der Waals surface area contributed by atoms with Crippen molar-refractivity contribution in [3.05, 3.63) is 60.3 Å². The second-order valence-electron chi connectivity index (χ2n) is 8.06. The number of carbonyl (C=O) groups is 3. The Balaban J connectivity index is 1.62. The Hall–Kier alpha value is -4.19. The summed E-state index contributed by atoms with van der Waals surface area (Å²) in [7, 11) is 0. The summed E-state index contributed by atoms with van der Waals surface area (Å²) in [5.74, 6) is -4.36. The Labute approximate surface area is 203 Å². The van der Waals surface area contributed by atoms with Crippen LogP contribution in [-0.2, 0) is 23.9 Å². The van der Waals surface area contributed by atoms with Gasteiger partial charge in [-0.05, 0) is 48.7 Å². The highest BCUT2D eigenvalue weighted by Crippen LogP contribution is 2.26. The van der Waals surface area contributed by atoms with Crippen LogP contribution in [0.15, 0.2) is 54.7 Å². The number of benzene rings is 2. The summed E-state index contributed by atoms with van der Waals surface area (Å²) in [6, 6.07) is 13.0. The Bertz CT molecular complexity index is 1310. The van der Waals surface area contributed by atoms with Crippen LogP contribution in [0.2, 0.25) is 0 Å². The Morgan fingerprint density at radius 3 is 2.61 bits per heavy atom. The van der Waals surface area contributed by atoms with Crippen molar-refractivity contribution >= 4 is 45.7 Å². The number of nitrogens with zero attached hydrogens (tertiary/aromatic N) is 2. The van der Waals surface area contributed by atoms with Crippen LogP contribution in [-0.4, -0.2) is 54.3 Å². The van der Waals surface area contributed by atoms with Gasteiger partial charge in [0.25, 0.3) is 11.8 Å². The first-order chi connectivity index (χ1) is 17.0. The maximum atomic E-state index is 13.2. The molecule has 9 nitrogen and oxygen atoms in total. The van der Waals surface area contributed by atoms with Gasteiger partial charge in [-0.15, -0.1) is 0 Å². The smallest absolute Gasteiger partial charge is 0.442 e. The third kappa shape index (κ3) is 5.23. The Morgan fingerprint density at radius 2 is 1.92 bits per heavy atom. The number of alkyl halides is 3. The lowest BCUT2D eigenvalue weighted by Gasteiger charge is -2.35. The molecule has 36 heavy (non-hydrogen) atoms. The molecule has 2 unspecified atom stereocenters. The minimum atomic E-state index is -5.39. The highest BCUT2D eigenvalue weighted by Gasteiger charge is 2.48. The SMILES string of the molecule is Cc1ccc(N2CCOC(C(OC(=O)C(F)(F)F)C(=O)Nc3ccc4c(N)nccc4c3)C2=O)cc1. The maximum absolute atomic E-state index is 13.2. The van der Waals surface area contributed by atoms with E-state index in [1.165, 1.54) is 23.2 Å². The van der Waals surface area contributed by atoms with Gasteiger partial charge >= 0.3 is 12.1 Å². The van der Waals surface area contributed by atoms with E-state index < -0.39 is 36.2 Å².